The molecule has 7 nitrogen and oxygen atoms in total. The normalized spacial score (nSPS) is 25.4. The van der Waals surface area contributed by atoms with Crippen molar-refractivity contribution in [1.29, 1.82) is 0 Å². The molecular formula is C12H23N5O2. The fourth-order valence-corrected chi connectivity index (χ4v) is 2.40. The monoisotopic (exact) mass is 269 g/mol. The fraction of sp³-hybridized carbons (Fsp3) is 0.917. The first-order valence-electron chi connectivity index (χ1n) is 6.76. The molecule has 2 atom stereocenters. The molecule has 2 rings (SSSR count). The molecule has 1 N–H and O–H groups in total. The zero-order chi connectivity index (χ0) is 13.7. The molecular weight excluding hydrogens is 246 g/mol. The molecule has 2 unspecified atom stereocenters. The third-order valence-electron chi connectivity index (χ3n) is 3.57. The van der Waals surface area contributed by atoms with E-state index < -0.39 is 0 Å². The molecule has 1 aliphatic rings. The van der Waals surface area contributed by atoms with E-state index in [0.29, 0.717) is 13.2 Å². The summed E-state index contributed by atoms with van der Waals surface area (Å²) < 4.78 is 12.5. The number of methoxy groups -OCH3 is 1. The SMILES string of the molecule is COCCNC(C)c1nnnn1C1(C)CCCOC1. The molecule has 1 aliphatic heterocycles. The maximum atomic E-state index is 5.59. The van der Waals surface area contributed by atoms with Crippen molar-refractivity contribution >= 4 is 0 Å². The molecule has 0 amide bonds. The van der Waals surface area contributed by atoms with Gasteiger partial charge in [0.05, 0.1) is 24.8 Å². The molecule has 1 fully saturated rings. The molecule has 0 bridgehead atoms. The summed E-state index contributed by atoms with van der Waals surface area (Å²) in [5.41, 5.74) is -0.145. The average molecular weight is 269 g/mol. The van der Waals surface area contributed by atoms with E-state index in [-0.39, 0.29) is 11.6 Å². The van der Waals surface area contributed by atoms with Crippen molar-refractivity contribution < 1.29 is 9.47 Å². The Morgan fingerprint density at radius 1 is 1.58 bits per heavy atom. The predicted octanol–water partition coefficient (Wildman–Crippen LogP) is 0.496. The largest absolute Gasteiger partial charge is 0.383 e. The minimum Gasteiger partial charge on any atom is -0.383 e. The molecule has 0 radical (unpaired) electrons. The maximum Gasteiger partial charge on any atom is 0.168 e. The summed E-state index contributed by atoms with van der Waals surface area (Å²) in [4.78, 5) is 0. The van der Waals surface area contributed by atoms with Gasteiger partial charge in [0, 0.05) is 20.3 Å². The predicted molar refractivity (Wildman–Crippen MR) is 69.8 cm³/mol. The van der Waals surface area contributed by atoms with Gasteiger partial charge in [-0.05, 0) is 37.1 Å². The van der Waals surface area contributed by atoms with Crippen molar-refractivity contribution in [2.45, 2.75) is 38.3 Å². The summed E-state index contributed by atoms with van der Waals surface area (Å²) in [6.45, 7) is 7.15. The Morgan fingerprint density at radius 2 is 2.42 bits per heavy atom. The molecule has 0 aliphatic carbocycles. The van der Waals surface area contributed by atoms with E-state index in [9.17, 15) is 0 Å². The molecule has 1 aromatic heterocycles. The quantitative estimate of drug-likeness (QED) is 0.758. The van der Waals surface area contributed by atoms with Gasteiger partial charge in [0.25, 0.3) is 0 Å². The summed E-state index contributed by atoms with van der Waals surface area (Å²) in [5, 5.41) is 15.5. The lowest BCUT2D eigenvalue weighted by Gasteiger charge is -2.34. The first-order valence-corrected chi connectivity index (χ1v) is 6.76. The highest BCUT2D eigenvalue weighted by Crippen LogP contribution is 2.28. The summed E-state index contributed by atoms with van der Waals surface area (Å²) in [5.74, 6) is 0.851. The number of nitrogens with one attached hydrogen (secondary N) is 1. The zero-order valence-corrected chi connectivity index (χ0v) is 11.9. The molecule has 19 heavy (non-hydrogen) atoms. The van der Waals surface area contributed by atoms with Crippen LogP contribution in [0, 0.1) is 0 Å². The van der Waals surface area contributed by atoms with E-state index in [2.05, 4.69) is 34.7 Å². The Morgan fingerprint density at radius 3 is 3.11 bits per heavy atom. The van der Waals surface area contributed by atoms with E-state index in [1.54, 1.807) is 7.11 Å². The molecule has 7 heteroatoms. The van der Waals surface area contributed by atoms with Crippen LogP contribution in [-0.2, 0) is 15.0 Å². The lowest BCUT2D eigenvalue weighted by molar-refractivity contribution is 0.000457. The summed E-state index contributed by atoms with van der Waals surface area (Å²) in [6.07, 6.45) is 2.08. The summed E-state index contributed by atoms with van der Waals surface area (Å²) in [7, 11) is 1.69. The number of rotatable bonds is 6. The number of aromatic nitrogens is 4. The molecule has 0 aromatic carbocycles. The maximum absolute atomic E-state index is 5.59. The Hall–Kier alpha value is -1.05. The standard InChI is InChI=1S/C12H23N5O2/c1-10(13-6-8-18-3)11-14-15-16-17(11)12(2)5-4-7-19-9-12/h10,13H,4-9H2,1-3H3. The lowest BCUT2D eigenvalue weighted by Crippen LogP contribution is -2.42. The van der Waals surface area contributed by atoms with E-state index >= 15 is 0 Å². The molecule has 0 spiro atoms. The van der Waals surface area contributed by atoms with Gasteiger partial charge in [0.1, 0.15) is 0 Å². The highest BCUT2D eigenvalue weighted by molar-refractivity contribution is 4.97. The zero-order valence-electron chi connectivity index (χ0n) is 11.9. The second-order valence-corrected chi connectivity index (χ2v) is 5.27. The average Bonchev–Trinajstić information content (AvgIpc) is 2.90. The number of nitrogens with zero attached hydrogens (tertiary/aromatic N) is 4. The summed E-state index contributed by atoms with van der Waals surface area (Å²) in [6, 6.07) is 0.0869. The van der Waals surface area contributed by atoms with Crippen LogP contribution in [0.4, 0.5) is 0 Å². The minimum atomic E-state index is -0.145. The van der Waals surface area contributed by atoms with Crippen molar-refractivity contribution in [1.82, 2.24) is 25.5 Å². The van der Waals surface area contributed by atoms with E-state index in [1.807, 2.05) is 4.68 Å². The Labute approximate surface area is 113 Å². The van der Waals surface area contributed by atoms with Crippen LogP contribution in [0.2, 0.25) is 0 Å². The fourth-order valence-electron chi connectivity index (χ4n) is 2.40. The van der Waals surface area contributed by atoms with Gasteiger partial charge in [-0.3, -0.25) is 0 Å². The van der Waals surface area contributed by atoms with Gasteiger partial charge in [0.15, 0.2) is 5.82 Å². The van der Waals surface area contributed by atoms with Crippen LogP contribution in [0.1, 0.15) is 38.6 Å². The van der Waals surface area contributed by atoms with E-state index in [4.69, 9.17) is 9.47 Å². The topological polar surface area (TPSA) is 74.1 Å². The van der Waals surface area contributed by atoms with Crippen molar-refractivity contribution in [3.05, 3.63) is 5.82 Å². The van der Waals surface area contributed by atoms with E-state index in [1.165, 1.54) is 0 Å². The number of ether oxygens (including phenoxy) is 2. The Bertz CT molecular complexity index is 389. The van der Waals surface area contributed by atoms with Crippen LogP contribution >= 0.6 is 0 Å². The van der Waals surface area contributed by atoms with Crippen LogP contribution in [0.3, 0.4) is 0 Å². The molecule has 1 aromatic rings. The molecule has 0 saturated carbocycles. The number of hydrogen-bond donors (Lipinski definition) is 1. The van der Waals surface area contributed by atoms with Crippen molar-refractivity contribution in [2.24, 2.45) is 0 Å². The highest BCUT2D eigenvalue weighted by atomic mass is 16.5. The Kier molecular flexibility index (Phi) is 4.84. The second kappa shape index (κ2) is 6.40. The first kappa shape index (κ1) is 14.4. The molecule has 1 saturated heterocycles. The van der Waals surface area contributed by atoms with Gasteiger partial charge in [-0.1, -0.05) is 0 Å². The van der Waals surface area contributed by atoms with E-state index in [0.717, 1.165) is 31.8 Å². The van der Waals surface area contributed by atoms with Gasteiger partial charge in [0.2, 0.25) is 0 Å². The number of hydrogen-bond acceptors (Lipinski definition) is 6. The van der Waals surface area contributed by atoms with Crippen LogP contribution in [0.25, 0.3) is 0 Å². The third-order valence-corrected chi connectivity index (χ3v) is 3.57. The highest BCUT2D eigenvalue weighted by Gasteiger charge is 2.34. The van der Waals surface area contributed by atoms with Crippen LogP contribution < -0.4 is 5.32 Å². The smallest absolute Gasteiger partial charge is 0.168 e. The minimum absolute atomic E-state index is 0.0869. The van der Waals surface area contributed by atoms with Crippen molar-refractivity contribution in [3.63, 3.8) is 0 Å². The van der Waals surface area contributed by atoms with Crippen LogP contribution in [0.15, 0.2) is 0 Å². The van der Waals surface area contributed by atoms with Gasteiger partial charge in [-0.2, -0.15) is 0 Å². The van der Waals surface area contributed by atoms with Crippen molar-refractivity contribution in [3.8, 4) is 0 Å². The number of tetrazole rings is 1. The lowest BCUT2D eigenvalue weighted by atomic mass is 9.95. The third kappa shape index (κ3) is 3.29. The molecule has 2 heterocycles. The Balaban J connectivity index is 2.08. The first-order chi connectivity index (χ1) is 9.17. The van der Waals surface area contributed by atoms with Crippen LogP contribution in [-0.4, -0.2) is 53.7 Å². The van der Waals surface area contributed by atoms with Gasteiger partial charge < -0.3 is 14.8 Å². The van der Waals surface area contributed by atoms with Gasteiger partial charge in [-0.25, -0.2) is 4.68 Å². The summed E-state index contributed by atoms with van der Waals surface area (Å²) >= 11 is 0. The van der Waals surface area contributed by atoms with Crippen LogP contribution in [0.5, 0.6) is 0 Å². The van der Waals surface area contributed by atoms with Crippen molar-refractivity contribution in [2.75, 3.05) is 33.5 Å². The molecule has 108 valence electrons. The second-order valence-electron chi connectivity index (χ2n) is 5.27. The van der Waals surface area contributed by atoms with Gasteiger partial charge >= 0.3 is 0 Å². The van der Waals surface area contributed by atoms with Gasteiger partial charge in [-0.15, -0.1) is 5.10 Å².